The van der Waals surface area contributed by atoms with Crippen LogP contribution in [0.15, 0.2) is 42.5 Å². The molecule has 0 radical (unpaired) electrons. The Morgan fingerprint density at radius 1 is 1.15 bits per heavy atom. The van der Waals surface area contributed by atoms with Crippen LogP contribution in [0, 0.1) is 9.49 Å². The number of carbonyl (C=O) groups is 1. The molecule has 0 amide bonds. The molecule has 3 rings (SSSR count). The molecule has 1 nitrogen and oxygen atoms in total. The summed E-state index contributed by atoms with van der Waals surface area (Å²) in [4.78, 5) is 12.7. The van der Waals surface area contributed by atoms with E-state index in [2.05, 4.69) is 46.9 Å². The van der Waals surface area contributed by atoms with Gasteiger partial charge in [0.2, 0.25) is 0 Å². The van der Waals surface area contributed by atoms with Crippen LogP contribution in [0.4, 0.5) is 0 Å². The lowest BCUT2D eigenvalue weighted by Crippen LogP contribution is -2.23. The van der Waals surface area contributed by atoms with Crippen molar-refractivity contribution in [2.24, 2.45) is 5.92 Å². The van der Waals surface area contributed by atoms with Crippen LogP contribution in [0.2, 0.25) is 5.02 Å². The van der Waals surface area contributed by atoms with Gasteiger partial charge in [0.05, 0.1) is 0 Å². The maximum absolute atomic E-state index is 12.7. The topological polar surface area (TPSA) is 17.1 Å². The van der Waals surface area contributed by atoms with E-state index in [1.807, 2.05) is 12.1 Å². The summed E-state index contributed by atoms with van der Waals surface area (Å²) in [6, 6.07) is 14.0. The van der Waals surface area contributed by atoms with E-state index in [-0.39, 0.29) is 11.7 Å². The smallest absolute Gasteiger partial charge is 0.167 e. The van der Waals surface area contributed by atoms with Crippen LogP contribution in [0.1, 0.15) is 27.9 Å². The molecule has 0 heterocycles. The highest BCUT2D eigenvalue weighted by molar-refractivity contribution is 14.1. The Balaban J connectivity index is 1.88. The average molecular weight is 397 g/mol. The molecule has 0 bridgehead atoms. The lowest BCUT2D eigenvalue weighted by atomic mass is 9.80. The Morgan fingerprint density at radius 2 is 1.90 bits per heavy atom. The van der Waals surface area contributed by atoms with Crippen molar-refractivity contribution in [1.29, 1.82) is 0 Å². The fraction of sp³-hybridized carbons (Fsp3) is 0.235. The van der Waals surface area contributed by atoms with Crippen molar-refractivity contribution in [1.82, 2.24) is 0 Å². The van der Waals surface area contributed by atoms with Gasteiger partial charge in [0, 0.05) is 20.1 Å². The van der Waals surface area contributed by atoms with E-state index in [4.69, 9.17) is 11.6 Å². The van der Waals surface area contributed by atoms with Crippen LogP contribution >= 0.6 is 34.2 Å². The van der Waals surface area contributed by atoms with Crippen LogP contribution in [0.3, 0.4) is 0 Å². The van der Waals surface area contributed by atoms with Crippen LogP contribution in [-0.2, 0) is 12.8 Å². The van der Waals surface area contributed by atoms with Gasteiger partial charge in [-0.1, -0.05) is 35.9 Å². The standard InChI is InChI=1S/C17H14ClIO/c18-14-7-8-16(19)15(10-14)17(20)13-6-5-11-3-1-2-4-12(11)9-13/h1-4,7-8,10,13H,5-6,9H2. The number of fused-ring (bicyclic) bond motifs is 1. The van der Waals surface area contributed by atoms with Gasteiger partial charge in [-0.25, -0.2) is 0 Å². The molecule has 0 aliphatic heterocycles. The first-order valence-corrected chi connectivity index (χ1v) is 8.17. The molecule has 0 aromatic heterocycles. The third kappa shape index (κ3) is 2.77. The molecule has 0 fully saturated rings. The molecule has 0 N–H and O–H groups in total. The molecule has 0 saturated carbocycles. The second-order valence-electron chi connectivity index (χ2n) is 5.20. The Labute approximate surface area is 137 Å². The Kier molecular flexibility index (Phi) is 4.13. The largest absolute Gasteiger partial charge is 0.294 e. The molecular formula is C17H14ClIO. The summed E-state index contributed by atoms with van der Waals surface area (Å²) in [6.45, 7) is 0. The summed E-state index contributed by atoms with van der Waals surface area (Å²) in [5.41, 5.74) is 3.47. The van der Waals surface area contributed by atoms with Gasteiger partial charge in [0.15, 0.2) is 5.78 Å². The van der Waals surface area contributed by atoms with Gasteiger partial charge in [-0.15, -0.1) is 0 Å². The normalized spacial score (nSPS) is 17.6. The van der Waals surface area contributed by atoms with Crippen LogP contribution in [0.5, 0.6) is 0 Å². The quantitative estimate of drug-likeness (QED) is 0.519. The number of carbonyl (C=O) groups excluding carboxylic acids is 1. The molecule has 1 unspecified atom stereocenters. The maximum atomic E-state index is 12.7. The van der Waals surface area contributed by atoms with Gasteiger partial charge in [-0.05, 0) is 71.2 Å². The van der Waals surface area contributed by atoms with E-state index in [1.54, 1.807) is 6.07 Å². The van der Waals surface area contributed by atoms with Crippen LogP contribution in [0.25, 0.3) is 0 Å². The van der Waals surface area contributed by atoms with Gasteiger partial charge in [-0.2, -0.15) is 0 Å². The highest BCUT2D eigenvalue weighted by atomic mass is 127. The van der Waals surface area contributed by atoms with Gasteiger partial charge < -0.3 is 0 Å². The second-order valence-corrected chi connectivity index (χ2v) is 6.80. The van der Waals surface area contributed by atoms with Crippen molar-refractivity contribution >= 4 is 40.0 Å². The van der Waals surface area contributed by atoms with Gasteiger partial charge in [-0.3, -0.25) is 4.79 Å². The monoisotopic (exact) mass is 396 g/mol. The molecule has 0 spiro atoms. The minimum Gasteiger partial charge on any atom is -0.294 e. The van der Waals surface area contributed by atoms with Gasteiger partial charge in [0.1, 0.15) is 0 Å². The van der Waals surface area contributed by atoms with Crippen molar-refractivity contribution in [3.05, 3.63) is 67.7 Å². The third-order valence-corrected chi connectivity index (χ3v) is 5.09. The molecule has 2 aromatic carbocycles. The van der Waals surface area contributed by atoms with E-state index in [0.29, 0.717) is 5.02 Å². The number of halogens is 2. The number of Topliss-reactive ketones (excluding diaryl/α,β-unsaturated/α-hetero) is 1. The van der Waals surface area contributed by atoms with Crippen molar-refractivity contribution in [3.8, 4) is 0 Å². The fourth-order valence-electron chi connectivity index (χ4n) is 2.83. The number of hydrogen-bond acceptors (Lipinski definition) is 1. The van der Waals surface area contributed by atoms with E-state index in [0.717, 1.165) is 28.4 Å². The Bertz CT molecular complexity index is 666. The summed E-state index contributed by atoms with van der Waals surface area (Å²) >= 11 is 8.23. The number of ketones is 1. The molecule has 20 heavy (non-hydrogen) atoms. The van der Waals surface area contributed by atoms with Gasteiger partial charge in [0.25, 0.3) is 0 Å². The van der Waals surface area contributed by atoms with E-state index in [1.165, 1.54) is 11.1 Å². The first-order chi connectivity index (χ1) is 9.65. The second kappa shape index (κ2) is 5.86. The molecule has 102 valence electrons. The third-order valence-electron chi connectivity index (χ3n) is 3.91. The number of aryl methyl sites for hydroxylation is 1. The summed E-state index contributed by atoms with van der Waals surface area (Å²) in [5, 5.41) is 0.630. The SMILES string of the molecule is O=C(c1cc(Cl)ccc1I)C1CCc2ccccc2C1. The fourth-order valence-corrected chi connectivity index (χ4v) is 3.60. The molecule has 1 aliphatic carbocycles. The van der Waals surface area contributed by atoms with Crippen molar-refractivity contribution in [2.45, 2.75) is 19.3 Å². The van der Waals surface area contributed by atoms with Crippen LogP contribution in [-0.4, -0.2) is 5.78 Å². The number of benzene rings is 2. The molecular weight excluding hydrogens is 383 g/mol. The Morgan fingerprint density at radius 3 is 2.70 bits per heavy atom. The molecule has 1 aliphatic rings. The van der Waals surface area contributed by atoms with E-state index >= 15 is 0 Å². The minimum atomic E-state index is 0.0804. The van der Waals surface area contributed by atoms with Crippen molar-refractivity contribution in [2.75, 3.05) is 0 Å². The van der Waals surface area contributed by atoms with E-state index < -0.39 is 0 Å². The summed E-state index contributed by atoms with van der Waals surface area (Å²) in [5.74, 6) is 0.309. The average Bonchev–Trinajstić information content (AvgIpc) is 2.48. The molecule has 3 heteroatoms. The summed E-state index contributed by atoms with van der Waals surface area (Å²) in [6.07, 6.45) is 2.76. The minimum absolute atomic E-state index is 0.0804. The zero-order chi connectivity index (χ0) is 14.1. The van der Waals surface area contributed by atoms with Crippen molar-refractivity contribution in [3.63, 3.8) is 0 Å². The van der Waals surface area contributed by atoms with Gasteiger partial charge >= 0.3 is 0 Å². The molecule has 1 atom stereocenters. The summed E-state index contributed by atoms with van der Waals surface area (Å²) in [7, 11) is 0. The Hall–Kier alpha value is -0.870. The maximum Gasteiger partial charge on any atom is 0.167 e. The van der Waals surface area contributed by atoms with Crippen LogP contribution < -0.4 is 0 Å². The van der Waals surface area contributed by atoms with E-state index in [9.17, 15) is 4.79 Å². The zero-order valence-electron chi connectivity index (χ0n) is 10.9. The summed E-state index contributed by atoms with van der Waals surface area (Å²) < 4.78 is 0.982. The zero-order valence-corrected chi connectivity index (χ0v) is 13.8. The molecule has 2 aromatic rings. The predicted octanol–water partition coefficient (Wildman–Crippen LogP) is 4.93. The lowest BCUT2D eigenvalue weighted by Gasteiger charge is -2.24. The van der Waals surface area contributed by atoms with Crippen molar-refractivity contribution < 1.29 is 4.79 Å². The predicted molar refractivity (Wildman–Crippen MR) is 90.5 cm³/mol. The highest BCUT2D eigenvalue weighted by Gasteiger charge is 2.26. The highest BCUT2D eigenvalue weighted by Crippen LogP contribution is 2.29. The number of rotatable bonds is 2. The number of hydrogen-bond donors (Lipinski definition) is 0. The first kappa shape index (κ1) is 14.1. The first-order valence-electron chi connectivity index (χ1n) is 6.71. The lowest BCUT2D eigenvalue weighted by molar-refractivity contribution is 0.0908. The molecule has 0 saturated heterocycles.